The van der Waals surface area contributed by atoms with Crippen molar-refractivity contribution in [1.82, 2.24) is 9.80 Å². The average molecular weight is 657 g/mol. The highest BCUT2D eigenvalue weighted by molar-refractivity contribution is 6.01. The summed E-state index contributed by atoms with van der Waals surface area (Å²) < 4.78 is 22.1. The first-order chi connectivity index (χ1) is 22.4. The Morgan fingerprint density at radius 3 is 1.45 bits per heavy atom. The van der Waals surface area contributed by atoms with Crippen LogP contribution < -0.4 is 18.9 Å². The molecule has 16 heteroatoms. The minimum atomic E-state index is -0.706. The van der Waals surface area contributed by atoms with Crippen LogP contribution in [0.1, 0.15) is 53.8 Å². The van der Waals surface area contributed by atoms with Crippen LogP contribution in [0.15, 0.2) is 47.8 Å². The number of nitro groups is 2. The third-order valence-corrected chi connectivity index (χ3v) is 7.73. The van der Waals surface area contributed by atoms with Crippen LogP contribution >= 0.6 is 0 Å². The van der Waals surface area contributed by atoms with Crippen LogP contribution in [0.25, 0.3) is 0 Å². The van der Waals surface area contributed by atoms with E-state index in [-0.39, 0.29) is 67.0 Å². The Morgan fingerprint density at radius 1 is 0.745 bits per heavy atom. The molecule has 16 nitrogen and oxygen atoms in total. The number of aliphatic hydroxyl groups is 2. The van der Waals surface area contributed by atoms with Gasteiger partial charge in [-0.25, -0.2) is 0 Å². The van der Waals surface area contributed by atoms with E-state index in [1.807, 2.05) is 0 Å². The van der Waals surface area contributed by atoms with Gasteiger partial charge in [0.05, 0.1) is 74.7 Å². The standard InChI is InChI=1S/C31H36N4O12/c1-18-8-20(16-36)32(14-18)30(38)22-10-26(44-3)28(12-24(22)34(40)41)46-6-5-7-47-29-13-25(35(42)43)23(11-27(29)45-4)31(39)33-15-19(2)9-21(33)17-37/h10-15,20-21,36-37H,5-9,16-17H2,1-4H3/t20-,21-/m0/s1. The van der Waals surface area contributed by atoms with Crippen molar-refractivity contribution in [1.29, 1.82) is 0 Å². The zero-order chi connectivity index (χ0) is 34.4. The molecule has 2 amide bonds. The molecule has 2 aromatic rings. The monoisotopic (exact) mass is 656 g/mol. The molecule has 252 valence electrons. The first-order valence-corrected chi connectivity index (χ1v) is 14.6. The number of rotatable bonds is 14. The predicted octanol–water partition coefficient (Wildman–Crippen LogP) is 3.59. The Morgan fingerprint density at radius 2 is 1.13 bits per heavy atom. The van der Waals surface area contributed by atoms with E-state index < -0.39 is 45.1 Å². The summed E-state index contributed by atoms with van der Waals surface area (Å²) in [5.74, 6) is -1.17. The predicted molar refractivity (Wildman–Crippen MR) is 166 cm³/mol. The molecule has 2 aromatic carbocycles. The zero-order valence-electron chi connectivity index (χ0n) is 26.3. The van der Waals surface area contributed by atoms with Crippen LogP contribution in [0.4, 0.5) is 11.4 Å². The molecule has 0 radical (unpaired) electrons. The number of nitro benzene ring substituents is 2. The Balaban J connectivity index is 1.46. The van der Waals surface area contributed by atoms with Crippen molar-refractivity contribution >= 4 is 23.2 Å². The van der Waals surface area contributed by atoms with E-state index in [2.05, 4.69) is 0 Å². The van der Waals surface area contributed by atoms with Crippen LogP contribution in [0, 0.1) is 20.2 Å². The Kier molecular flexibility index (Phi) is 11.0. The van der Waals surface area contributed by atoms with E-state index in [0.717, 1.165) is 23.3 Å². The van der Waals surface area contributed by atoms with Crippen molar-refractivity contribution in [2.45, 2.75) is 45.2 Å². The van der Waals surface area contributed by atoms with Crippen molar-refractivity contribution < 1.29 is 48.6 Å². The minimum Gasteiger partial charge on any atom is -0.493 e. The Labute approximate surface area is 269 Å². The van der Waals surface area contributed by atoms with E-state index in [1.165, 1.54) is 36.2 Å². The molecule has 2 aliphatic heterocycles. The van der Waals surface area contributed by atoms with E-state index >= 15 is 0 Å². The fraction of sp³-hybridized carbons (Fsp3) is 0.419. The highest BCUT2D eigenvalue weighted by atomic mass is 16.6. The van der Waals surface area contributed by atoms with Gasteiger partial charge in [-0.05, 0) is 26.7 Å². The summed E-state index contributed by atoms with van der Waals surface area (Å²) in [5.41, 5.74) is 0.213. The van der Waals surface area contributed by atoms with Gasteiger partial charge in [0.25, 0.3) is 23.2 Å². The molecular formula is C31H36N4O12. The Bertz CT molecular complexity index is 1500. The van der Waals surface area contributed by atoms with Gasteiger partial charge in [-0.3, -0.25) is 29.8 Å². The molecule has 0 saturated carbocycles. The van der Waals surface area contributed by atoms with E-state index in [1.54, 1.807) is 26.2 Å². The lowest BCUT2D eigenvalue weighted by Gasteiger charge is -2.22. The number of benzene rings is 2. The van der Waals surface area contributed by atoms with E-state index in [9.17, 15) is 40.0 Å². The van der Waals surface area contributed by atoms with Gasteiger partial charge in [-0.2, -0.15) is 0 Å². The second-order valence-corrected chi connectivity index (χ2v) is 11.1. The first kappa shape index (κ1) is 34.6. The molecule has 2 aliphatic rings. The topological polar surface area (TPSA) is 204 Å². The Hall–Kier alpha value is -5.22. The lowest BCUT2D eigenvalue weighted by Crippen LogP contribution is -2.35. The average Bonchev–Trinajstić information content (AvgIpc) is 3.64. The van der Waals surface area contributed by atoms with Gasteiger partial charge < -0.3 is 39.0 Å². The molecule has 2 N–H and O–H groups in total. The minimum absolute atomic E-state index is 0.00562. The number of methoxy groups -OCH3 is 2. The maximum Gasteiger partial charge on any atom is 0.286 e. The zero-order valence-corrected chi connectivity index (χ0v) is 26.3. The van der Waals surface area contributed by atoms with Gasteiger partial charge in [0.2, 0.25) is 0 Å². The van der Waals surface area contributed by atoms with Gasteiger partial charge in [-0.15, -0.1) is 0 Å². The number of carbonyl (C=O) groups excluding carboxylic acids is 2. The van der Waals surface area contributed by atoms with Crippen molar-refractivity contribution in [2.24, 2.45) is 0 Å². The van der Waals surface area contributed by atoms with Gasteiger partial charge in [-0.1, -0.05) is 11.1 Å². The number of hydrogen-bond acceptors (Lipinski definition) is 12. The third kappa shape index (κ3) is 7.44. The number of aliphatic hydroxyl groups excluding tert-OH is 2. The van der Waals surface area contributed by atoms with E-state index in [0.29, 0.717) is 12.8 Å². The van der Waals surface area contributed by atoms with Crippen molar-refractivity contribution in [3.8, 4) is 23.0 Å². The number of hydrogen-bond donors (Lipinski definition) is 2. The van der Waals surface area contributed by atoms with Crippen molar-refractivity contribution in [3.05, 3.63) is 79.2 Å². The number of nitrogens with zero attached hydrogens (tertiary/aromatic N) is 4. The normalized spacial score (nSPS) is 17.2. The summed E-state index contributed by atoms with van der Waals surface area (Å²) in [7, 11) is 2.64. The summed E-state index contributed by atoms with van der Waals surface area (Å²) in [6.45, 7) is 2.92. The third-order valence-electron chi connectivity index (χ3n) is 7.73. The molecule has 0 fully saturated rings. The number of ether oxygens (including phenoxy) is 4. The summed E-state index contributed by atoms with van der Waals surface area (Å²) in [6.07, 6.45) is 4.20. The quantitative estimate of drug-likeness (QED) is 0.170. The van der Waals surface area contributed by atoms with Crippen molar-refractivity contribution in [3.63, 3.8) is 0 Å². The van der Waals surface area contributed by atoms with Crippen LogP contribution in [-0.2, 0) is 0 Å². The van der Waals surface area contributed by atoms with Gasteiger partial charge >= 0.3 is 0 Å². The summed E-state index contributed by atoms with van der Waals surface area (Å²) in [4.78, 5) is 51.5. The molecular weight excluding hydrogens is 620 g/mol. The molecule has 0 aliphatic carbocycles. The summed E-state index contributed by atoms with van der Waals surface area (Å²) in [5, 5.41) is 43.2. The second kappa shape index (κ2) is 14.9. The van der Waals surface area contributed by atoms with Crippen LogP contribution in [0.2, 0.25) is 0 Å². The van der Waals surface area contributed by atoms with Gasteiger partial charge in [0, 0.05) is 31.0 Å². The SMILES string of the molecule is COc1cc(C(=O)N2C=C(C)C[C@H]2CO)c([N+](=O)[O-])cc1OCCCOc1cc([N+](=O)[O-])c(C(=O)N2C=C(C)C[C@H]2CO)cc1OC. The number of amides is 2. The second-order valence-electron chi connectivity index (χ2n) is 11.1. The molecule has 0 aromatic heterocycles. The highest BCUT2D eigenvalue weighted by Crippen LogP contribution is 2.38. The van der Waals surface area contributed by atoms with Gasteiger partial charge in [0.15, 0.2) is 23.0 Å². The number of carbonyl (C=O) groups is 2. The molecule has 0 saturated heterocycles. The molecule has 47 heavy (non-hydrogen) atoms. The van der Waals surface area contributed by atoms with Crippen LogP contribution in [0.3, 0.4) is 0 Å². The summed E-state index contributed by atoms with van der Waals surface area (Å²) in [6, 6.07) is 3.55. The maximum absolute atomic E-state index is 13.3. The molecule has 4 rings (SSSR count). The van der Waals surface area contributed by atoms with Crippen LogP contribution in [-0.4, -0.2) is 94.4 Å². The first-order valence-electron chi connectivity index (χ1n) is 14.6. The smallest absolute Gasteiger partial charge is 0.286 e. The lowest BCUT2D eigenvalue weighted by atomic mass is 10.1. The van der Waals surface area contributed by atoms with Crippen molar-refractivity contribution in [2.75, 3.05) is 40.6 Å². The largest absolute Gasteiger partial charge is 0.493 e. The molecule has 0 spiro atoms. The lowest BCUT2D eigenvalue weighted by molar-refractivity contribution is -0.385. The fourth-order valence-electron chi connectivity index (χ4n) is 5.47. The fourth-order valence-corrected chi connectivity index (χ4v) is 5.47. The molecule has 2 atom stereocenters. The summed E-state index contributed by atoms with van der Waals surface area (Å²) >= 11 is 0. The maximum atomic E-state index is 13.3. The van der Waals surface area contributed by atoms with Gasteiger partial charge in [0.1, 0.15) is 11.1 Å². The van der Waals surface area contributed by atoms with E-state index in [4.69, 9.17) is 18.9 Å². The van der Waals surface area contributed by atoms with Crippen LogP contribution in [0.5, 0.6) is 23.0 Å². The molecule has 2 heterocycles. The molecule has 0 bridgehead atoms. The highest BCUT2D eigenvalue weighted by Gasteiger charge is 2.35. The molecule has 0 unspecified atom stereocenters.